The summed E-state index contributed by atoms with van der Waals surface area (Å²) in [6, 6.07) is 2.23. The van der Waals surface area contributed by atoms with Crippen LogP contribution in [0.4, 0.5) is 5.82 Å². The Morgan fingerprint density at radius 2 is 1.84 bits per heavy atom. The van der Waals surface area contributed by atoms with E-state index in [0.29, 0.717) is 0 Å². The van der Waals surface area contributed by atoms with E-state index in [9.17, 15) is 0 Å². The summed E-state index contributed by atoms with van der Waals surface area (Å²) in [5, 5.41) is 0. The Balaban J connectivity index is 2.40. The van der Waals surface area contributed by atoms with Crippen molar-refractivity contribution in [3.05, 3.63) is 22.9 Å². The van der Waals surface area contributed by atoms with E-state index >= 15 is 0 Å². The van der Waals surface area contributed by atoms with Gasteiger partial charge in [0.25, 0.3) is 0 Å². The minimum atomic E-state index is 0.279. The van der Waals surface area contributed by atoms with Gasteiger partial charge >= 0.3 is 0 Å². The number of anilines is 1. The van der Waals surface area contributed by atoms with Crippen molar-refractivity contribution >= 4 is 5.82 Å². The largest absolute Gasteiger partial charge is 0.372 e. The lowest BCUT2D eigenvalue weighted by molar-refractivity contribution is -0.00551. The maximum Gasteiger partial charge on any atom is 0.132 e. The van der Waals surface area contributed by atoms with Crippen LogP contribution in [0.3, 0.4) is 0 Å². The van der Waals surface area contributed by atoms with Crippen LogP contribution < -0.4 is 4.90 Å². The molecule has 0 saturated carbocycles. The van der Waals surface area contributed by atoms with Gasteiger partial charge in [-0.3, -0.25) is 0 Å². The first-order chi connectivity index (χ1) is 9.05. The fraction of sp³-hybridized carbons (Fsp3) is 0.688. The quantitative estimate of drug-likeness (QED) is 0.837. The highest BCUT2D eigenvalue weighted by Gasteiger charge is 2.25. The summed E-state index contributed by atoms with van der Waals surface area (Å²) in [4.78, 5) is 7.22. The first kappa shape index (κ1) is 14.3. The zero-order chi connectivity index (χ0) is 14.0. The first-order valence-corrected chi connectivity index (χ1v) is 7.44. The van der Waals surface area contributed by atoms with Gasteiger partial charge in [0.2, 0.25) is 0 Å². The van der Waals surface area contributed by atoms with Crippen molar-refractivity contribution in [3.63, 3.8) is 0 Å². The van der Waals surface area contributed by atoms with Gasteiger partial charge in [0, 0.05) is 18.8 Å². The van der Waals surface area contributed by atoms with Gasteiger partial charge in [-0.2, -0.15) is 0 Å². The molecule has 1 aromatic rings. The van der Waals surface area contributed by atoms with Crippen LogP contribution >= 0.6 is 0 Å². The SMILES string of the molecule is CCc1cc(C)nc(N2CC(C)OC(C)C2)c1CC. The van der Waals surface area contributed by atoms with E-state index in [1.54, 1.807) is 0 Å². The van der Waals surface area contributed by atoms with Crippen molar-refractivity contribution in [2.45, 2.75) is 59.7 Å². The molecule has 1 aliphatic rings. The molecule has 0 aromatic carbocycles. The zero-order valence-electron chi connectivity index (χ0n) is 12.9. The predicted octanol–water partition coefficient (Wildman–Crippen LogP) is 3.13. The van der Waals surface area contributed by atoms with Crippen LogP contribution in [0, 0.1) is 6.92 Å². The van der Waals surface area contributed by atoms with E-state index in [-0.39, 0.29) is 12.2 Å². The molecule has 2 unspecified atom stereocenters. The summed E-state index contributed by atoms with van der Waals surface area (Å²) >= 11 is 0. The molecule has 2 heterocycles. The van der Waals surface area contributed by atoms with Crippen molar-refractivity contribution in [1.29, 1.82) is 0 Å². The number of hydrogen-bond acceptors (Lipinski definition) is 3. The van der Waals surface area contributed by atoms with Crippen LogP contribution in [-0.2, 0) is 17.6 Å². The topological polar surface area (TPSA) is 25.4 Å². The average Bonchev–Trinajstić information content (AvgIpc) is 2.36. The summed E-state index contributed by atoms with van der Waals surface area (Å²) in [7, 11) is 0. The Morgan fingerprint density at radius 3 is 2.37 bits per heavy atom. The number of hydrogen-bond donors (Lipinski definition) is 0. The standard InChI is InChI=1S/C16H26N2O/c1-6-14-8-11(3)17-16(15(14)7-2)18-9-12(4)19-13(5)10-18/h8,12-13H,6-7,9-10H2,1-5H3. The van der Waals surface area contributed by atoms with Crippen molar-refractivity contribution in [1.82, 2.24) is 4.98 Å². The number of aromatic nitrogens is 1. The smallest absolute Gasteiger partial charge is 0.132 e. The highest BCUT2D eigenvalue weighted by molar-refractivity contribution is 5.52. The van der Waals surface area contributed by atoms with Crippen molar-refractivity contribution in [2.75, 3.05) is 18.0 Å². The third-order valence-electron chi connectivity index (χ3n) is 3.78. The third kappa shape index (κ3) is 3.08. The predicted molar refractivity (Wildman–Crippen MR) is 80.0 cm³/mol. The number of nitrogens with zero attached hydrogens (tertiary/aromatic N) is 2. The summed E-state index contributed by atoms with van der Waals surface area (Å²) < 4.78 is 5.83. The van der Waals surface area contributed by atoms with Crippen molar-refractivity contribution in [3.8, 4) is 0 Å². The highest BCUT2D eigenvalue weighted by Crippen LogP contribution is 2.26. The van der Waals surface area contributed by atoms with Crippen LogP contribution in [0.25, 0.3) is 0 Å². The summed E-state index contributed by atoms with van der Waals surface area (Å²) in [5.41, 5.74) is 3.97. The second kappa shape index (κ2) is 5.91. The summed E-state index contributed by atoms with van der Waals surface area (Å²) in [5.74, 6) is 1.18. The molecule has 0 spiro atoms. The molecule has 1 fully saturated rings. The Morgan fingerprint density at radius 1 is 1.21 bits per heavy atom. The number of pyridine rings is 1. The molecular weight excluding hydrogens is 236 g/mol. The lowest BCUT2D eigenvalue weighted by Crippen LogP contribution is -2.46. The van der Waals surface area contributed by atoms with Gasteiger partial charge in [0.15, 0.2) is 0 Å². The van der Waals surface area contributed by atoms with Gasteiger partial charge in [-0.15, -0.1) is 0 Å². The second-order valence-electron chi connectivity index (χ2n) is 5.59. The lowest BCUT2D eigenvalue weighted by atomic mass is 10.0. The van der Waals surface area contributed by atoms with Gasteiger partial charge < -0.3 is 9.64 Å². The molecular formula is C16H26N2O. The van der Waals surface area contributed by atoms with Gasteiger partial charge in [0.05, 0.1) is 12.2 Å². The molecule has 0 aliphatic carbocycles. The number of ether oxygens (including phenoxy) is 1. The van der Waals surface area contributed by atoms with E-state index in [0.717, 1.165) is 31.6 Å². The second-order valence-corrected chi connectivity index (χ2v) is 5.59. The zero-order valence-corrected chi connectivity index (χ0v) is 12.9. The Hall–Kier alpha value is -1.09. The maximum atomic E-state index is 5.83. The van der Waals surface area contributed by atoms with E-state index in [1.807, 2.05) is 0 Å². The number of aryl methyl sites for hydroxylation is 2. The minimum Gasteiger partial charge on any atom is -0.372 e. The van der Waals surface area contributed by atoms with E-state index in [2.05, 4.69) is 45.6 Å². The Labute approximate surface area is 117 Å². The lowest BCUT2D eigenvalue weighted by Gasteiger charge is -2.37. The molecule has 2 atom stereocenters. The van der Waals surface area contributed by atoms with E-state index < -0.39 is 0 Å². The molecule has 3 nitrogen and oxygen atoms in total. The molecule has 2 rings (SSSR count). The monoisotopic (exact) mass is 262 g/mol. The van der Waals surface area contributed by atoms with Crippen molar-refractivity contribution in [2.24, 2.45) is 0 Å². The molecule has 19 heavy (non-hydrogen) atoms. The molecule has 106 valence electrons. The van der Waals surface area contributed by atoms with E-state index in [4.69, 9.17) is 9.72 Å². The molecule has 0 radical (unpaired) electrons. The molecule has 1 aliphatic heterocycles. The van der Waals surface area contributed by atoms with Gasteiger partial charge in [-0.1, -0.05) is 13.8 Å². The molecule has 0 N–H and O–H groups in total. The van der Waals surface area contributed by atoms with E-state index in [1.165, 1.54) is 16.9 Å². The maximum absolute atomic E-state index is 5.83. The van der Waals surface area contributed by atoms with Crippen LogP contribution in [0.15, 0.2) is 6.07 Å². The molecule has 3 heteroatoms. The van der Waals surface area contributed by atoms with Crippen LogP contribution in [0.1, 0.15) is 44.5 Å². The van der Waals surface area contributed by atoms with Crippen LogP contribution in [0.2, 0.25) is 0 Å². The number of morpholine rings is 1. The van der Waals surface area contributed by atoms with Gasteiger partial charge in [-0.25, -0.2) is 4.98 Å². The van der Waals surface area contributed by atoms with Crippen LogP contribution in [-0.4, -0.2) is 30.3 Å². The Bertz CT molecular complexity index is 435. The highest BCUT2D eigenvalue weighted by atomic mass is 16.5. The molecule has 0 amide bonds. The fourth-order valence-corrected chi connectivity index (χ4v) is 3.06. The summed E-state index contributed by atoms with van der Waals surface area (Å²) in [6.45, 7) is 12.7. The first-order valence-electron chi connectivity index (χ1n) is 7.44. The number of rotatable bonds is 3. The van der Waals surface area contributed by atoms with Gasteiger partial charge in [0.1, 0.15) is 5.82 Å². The third-order valence-corrected chi connectivity index (χ3v) is 3.78. The van der Waals surface area contributed by atoms with Crippen LogP contribution in [0.5, 0.6) is 0 Å². The van der Waals surface area contributed by atoms with Crippen molar-refractivity contribution < 1.29 is 4.74 Å². The van der Waals surface area contributed by atoms with Gasteiger partial charge in [-0.05, 0) is 50.8 Å². The normalized spacial score (nSPS) is 23.7. The average molecular weight is 262 g/mol. The Kier molecular flexibility index (Phi) is 4.46. The minimum absolute atomic E-state index is 0.279. The molecule has 1 saturated heterocycles. The summed E-state index contributed by atoms with van der Waals surface area (Å²) in [6.07, 6.45) is 2.68. The molecule has 1 aromatic heterocycles. The fourth-order valence-electron chi connectivity index (χ4n) is 3.06. The molecule has 0 bridgehead atoms.